The van der Waals surface area contributed by atoms with E-state index in [1.165, 1.54) is 12.1 Å². The average molecular weight is 388 g/mol. The molecule has 0 atom stereocenters. The number of fused-ring (bicyclic) bond motifs is 1. The zero-order valence-corrected chi connectivity index (χ0v) is 12.5. The molecule has 0 bridgehead atoms. The second kappa shape index (κ2) is 4.64. The first-order valence-corrected chi connectivity index (χ1v) is 6.91. The molecular weight excluding hydrogens is 380 g/mol. The Labute approximate surface area is 127 Å². The number of aromatic nitrogens is 2. The molecule has 0 fully saturated rings. The fourth-order valence-electron chi connectivity index (χ4n) is 1.98. The van der Waals surface area contributed by atoms with Gasteiger partial charge in [0, 0.05) is 9.64 Å². The summed E-state index contributed by atoms with van der Waals surface area (Å²) in [7, 11) is 0. The van der Waals surface area contributed by atoms with Crippen molar-refractivity contribution in [3.63, 3.8) is 0 Å². The Balaban J connectivity index is 2.34. The van der Waals surface area contributed by atoms with Gasteiger partial charge in [-0.1, -0.05) is 17.7 Å². The van der Waals surface area contributed by atoms with E-state index in [2.05, 4.69) is 27.6 Å². The van der Waals surface area contributed by atoms with Crippen molar-refractivity contribution in [2.45, 2.75) is 0 Å². The van der Waals surface area contributed by atoms with Crippen LogP contribution in [0.1, 0.15) is 0 Å². The van der Waals surface area contributed by atoms with Gasteiger partial charge in [-0.3, -0.25) is 4.57 Å². The first kappa shape index (κ1) is 12.7. The molecule has 0 saturated carbocycles. The molecule has 0 spiro atoms. The van der Waals surface area contributed by atoms with Crippen LogP contribution in [-0.2, 0) is 0 Å². The minimum atomic E-state index is -0.485. The minimum Gasteiger partial charge on any atom is -0.369 e. The Kier molecular flexibility index (Phi) is 3.10. The third kappa shape index (κ3) is 2.17. The maximum Gasteiger partial charge on any atom is 0.205 e. The summed E-state index contributed by atoms with van der Waals surface area (Å²) in [5.74, 6) is -0.181. The number of anilines is 1. The predicted octanol–water partition coefficient (Wildman–Crippen LogP) is 4.00. The molecule has 0 aliphatic heterocycles. The minimum absolute atomic E-state index is 0.0415. The van der Waals surface area contributed by atoms with Crippen LogP contribution in [0, 0.1) is 9.39 Å². The molecule has 2 N–H and O–H groups in total. The molecule has 3 nitrogen and oxygen atoms in total. The van der Waals surface area contributed by atoms with Crippen LogP contribution in [0.15, 0.2) is 36.4 Å². The molecular formula is C13H8ClFIN3. The Morgan fingerprint density at radius 2 is 2.05 bits per heavy atom. The zero-order chi connectivity index (χ0) is 13.6. The van der Waals surface area contributed by atoms with Gasteiger partial charge in [-0.15, -0.1) is 0 Å². The summed E-state index contributed by atoms with van der Waals surface area (Å²) in [6.45, 7) is 0. The number of nitrogen functional groups attached to an aromatic ring is 1. The van der Waals surface area contributed by atoms with Crippen molar-refractivity contribution < 1.29 is 4.39 Å². The van der Waals surface area contributed by atoms with Gasteiger partial charge < -0.3 is 5.73 Å². The molecule has 0 aliphatic carbocycles. The first-order valence-electron chi connectivity index (χ1n) is 5.45. The van der Waals surface area contributed by atoms with Crippen LogP contribution < -0.4 is 5.73 Å². The molecule has 2 aromatic carbocycles. The van der Waals surface area contributed by atoms with Gasteiger partial charge in [0.1, 0.15) is 5.82 Å². The number of hydrogen-bond donors (Lipinski definition) is 1. The number of nitrogens with two attached hydrogens (primary N) is 1. The van der Waals surface area contributed by atoms with E-state index in [0.717, 1.165) is 9.26 Å². The summed E-state index contributed by atoms with van der Waals surface area (Å²) < 4.78 is 16.4. The van der Waals surface area contributed by atoms with Gasteiger partial charge >= 0.3 is 0 Å². The maximum absolute atomic E-state index is 13.6. The molecule has 0 amide bonds. The fourth-order valence-corrected chi connectivity index (χ4v) is 2.66. The monoisotopic (exact) mass is 387 g/mol. The molecule has 96 valence electrons. The number of nitrogens with zero attached hydrogens (tertiary/aromatic N) is 2. The standard InChI is InChI=1S/C13H8ClFIN3/c14-9-5-11-12(6-10(9)15)19(13(17)18-11)8-3-1-2-7(16)4-8/h1-6H,(H2,17,18). The predicted molar refractivity (Wildman–Crippen MR) is 83.2 cm³/mol. The lowest BCUT2D eigenvalue weighted by atomic mass is 10.2. The van der Waals surface area contributed by atoms with E-state index in [1.54, 1.807) is 4.57 Å². The molecule has 3 rings (SSSR count). The number of rotatable bonds is 1. The van der Waals surface area contributed by atoms with Crippen molar-refractivity contribution in [2.24, 2.45) is 0 Å². The number of imidazole rings is 1. The van der Waals surface area contributed by atoms with E-state index >= 15 is 0 Å². The molecule has 19 heavy (non-hydrogen) atoms. The van der Waals surface area contributed by atoms with Gasteiger partial charge in [0.15, 0.2) is 0 Å². The molecule has 0 radical (unpaired) electrons. The first-order chi connectivity index (χ1) is 9.06. The quantitative estimate of drug-likeness (QED) is 0.641. The van der Waals surface area contributed by atoms with Gasteiger partial charge in [0.2, 0.25) is 5.95 Å². The van der Waals surface area contributed by atoms with Crippen LogP contribution in [0.25, 0.3) is 16.7 Å². The van der Waals surface area contributed by atoms with Gasteiger partial charge in [0.25, 0.3) is 0 Å². The molecule has 1 aromatic heterocycles. The van der Waals surface area contributed by atoms with Gasteiger partial charge in [-0.25, -0.2) is 9.37 Å². The highest BCUT2D eigenvalue weighted by Gasteiger charge is 2.13. The second-order valence-electron chi connectivity index (χ2n) is 4.04. The third-order valence-corrected chi connectivity index (χ3v) is 3.75. The summed E-state index contributed by atoms with van der Waals surface area (Å²) in [5.41, 5.74) is 7.93. The van der Waals surface area contributed by atoms with E-state index < -0.39 is 5.82 Å². The molecule has 0 unspecified atom stereocenters. The lowest BCUT2D eigenvalue weighted by molar-refractivity contribution is 0.629. The van der Waals surface area contributed by atoms with Crippen molar-refractivity contribution in [1.82, 2.24) is 9.55 Å². The lowest BCUT2D eigenvalue weighted by Crippen LogP contribution is -2.00. The summed E-state index contributed by atoms with van der Waals surface area (Å²) in [4.78, 5) is 4.21. The van der Waals surface area contributed by atoms with Crippen LogP contribution >= 0.6 is 34.2 Å². The van der Waals surface area contributed by atoms with Gasteiger partial charge in [-0.05, 0) is 46.9 Å². The van der Waals surface area contributed by atoms with Crippen molar-refractivity contribution in [3.05, 3.63) is 50.8 Å². The average Bonchev–Trinajstić information content (AvgIpc) is 2.65. The van der Waals surface area contributed by atoms with E-state index in [0.29, 0.717) is 17.0 Å². The van der Waals surface area contributed by atoms with Crippen LogP contribution in [0.3, 0.4) is 0 Å². The highest BCUT2D eigenvalue weighted by atomic mass is 127. The lowest BCUT2D eigenvalue weighted by Gasteiger charge is -2.07. The SMILES string of the molecule is Nc1nc2cc(Cl)c(F)cc2n1-c1cccc(I)c1. The van der Waals surface area contributed by atoms with E-state index in [1.807, 2.05) is 24.3 Å². The number of benzene rings is 2. The summed E-state index contributed by atoms with van der Waals surface area (Å²) in [6.07, 6.45) is 0. The Bertz CT molecular complexity index is 785. The Morgan fingerprint density at radius 3 is 2.79 bits per heavy atom. The van der Waals surface area contributed by atoms with E-state index in [-0.39, 0.29) is 5.02 Å². The smallest absolute Gasteiger partial charge is 0.205 e. The van der Waals surface area contributed by atoms with Crippen molar-refractivity contribution in [2.75, 3.05) is 5.73 Å². The molecule has 1 heterocycles. The summed E-state index contributed by atoms with van der Waals surface area (Å²) in [6, 6.07) is 10.6. The normalized spacial score (nSPS) is 11.1. The molecule has 0 saturated heterocycles. The second-order valence-corrected chi connectivity index (χ2v) is 5.69. The van der Waals surface area contributed by atoms with Crippen LogP contribution in [0.2, 0.25) is 5.02 Å². The Morgan fingerprint density at radius 1 is 1.26 bits per heavy atom. The number of halogens is 3. The van der Waals surface area contributed by atoms with Crippen LogP contribution in [-0.4, -0.2) is 9.55 Å². The summed E-state index contributed by atoms with van der Waals surface area (Å²) in [5, 5.41) is 0.0415. The van der Waals surface area contributed by atoms with Gasteiger partial charge in [-0.2, -0.15) is 0 Å². The molecule has 0 aliphatic rings. The van der Waals surface area contributed by atoms with E-state index in [9.17, 15) is 4.39 Å². The van der Waals surface area contributed by atoms with Gasteiger partial charge in [0.05, 0.1) is 21.7 Å². The van der Waals surface area contributed by atoms with E-state index in [4.69, 9.17) is 17.3 Å². The molecule has 3 aromatic rings. The summed E-state index contributed by atoms with van der Waals surface area (Å²) >= 11 is 7.96. The van der Waals surface area contributed by atoms with Crippen molar-refractivity contribution in [1.29, 1.82) is 0 Å². The molecule has 6 heteroatoms. The topological polar surface area (TPSA) is 43.8 Å². The van der Waals surface area contributed by atoms with Crippen molar-refractivity contribution in [3.8, 4) is 5.69 Å². The zero-order valence-electron chi connectivity index (χ0n) is 9.57. The highest BCUT2D eigenvalue weighted by Crippen LogP contribution is 2.27. The van der Waals surface area contributed by atoms with Crippen LogP contribution in [0.4, 0.5) is 10.3 Å². The maximum atomic E-state index is 13.6. The largest absolute Gasteiger partial charge is 0.369 e. The van der Waals surface area contributed by atoms with Crippen molar-refractivity contribution >= 4 is 51.2 Å². The highest BCUT2D eigenvalue weighted by molar-refractivity contribution is 14.1. The fraction of sp³-hybridized carbons (Fsp3) is 0. The third-order valence-electron chi connectivity index (χ3n) is 2.79. The Hall–Kier alpha value is -1.34. The number of hydrogen-bond acceptors (Lipinski definition) is 2. The van der Waals surface area contributed by atoms with Crippen LogP contribution in [0.5, 0.6) is 0 Å².